The molecular formula is C9H11ClN2O2. The summed E-state index contributed by atoms with van der Waals surface area (Å²) in [6.45, 7) is 2.41. The number of rotatable bonds is 3. The quantitative estimate of drug-likeness (QED) is 0.349. The van der Waals surface area contributed by atoms with Crippen LogP contribution in [0.25, 0.3) is 0 Å². The van der Waals surface area contributed by atoms with Gasteiger partial charge < -0.3 is 15.7 Å². The number of nitrogens with zero attached hydrogens (tertiary/aromatic N) is 1. The van der Waals surface area contributed by atoms with Crippen LogP contribution in [0.2, 0.25) is 5.02 Å². The Labute approximate surface area is 86.9 Å². The number of halogens is 1. The van der Waals surface area contributed by atoms with Crippen LogP contribution in [0.4, 0.5) is 0 Å². The lowest BCUT2D eigenvalue weighted by Crippen LogP contribution is -2.12. The van der Waals surface area contributed by atoms with Crippen molar-refractivity contribution in [3.8, 4) is 5.75 Å². The zero-order valence-corrected chi connectivity index (χ0v) is 8.45. The third-order valence-electron chi connectivity index (χ3n) is 1.64. The van der Waals surface area contributed by atoms with Gasteiger partial charge >= 0.3 is 0 Å². The molecule has 0 radical (unpaired) electrons. The van der Waals surface area contributed by atoms with E-state index in [0.717, 1.165) is 0 Å². The first-order valence-electron chi connectivity index (χ1n) is 4.09. The van der Waals surface area contributed by atoms with Gasteiger partial charge in [-0.15, -0.1) is 0 Å². The average molecular weight is 215 g/mol. The van der Waals surface area contributed by atoms with Crippen LogP contribution in [0.5, 0.6) is 5.75 Å². The first kappa shape index (κ1) is 10.7. The Bertz CT molecular complexity index is 353. The molecule has 0 aliphatic heterocycles. The van der Waals surface area contributed by atoms with Crippen LogP contribution < -0.4 is 10.5 Å². The minimum absolute atomic E-state index is 0.0231. The summed E-state index contributed by atoms with van der Waals surface area (Å²) in [5.41, 5.74) is 5.94. The van der Waals surface area contributed by atoms with Gasteiger partial charge in [0, 0.05) is 5.56 Å². The third-order valence-corrected chi connectivity index (χ3v) is 1.93. The zero-order chi connectivity index (χ0) is 10.6. The third kappa shape index (κ3) is 2.29. The van der Waals surface area contributed by atoms with E-state index in [2.05, 4.69) is 5.16 Å². The fraction of sp³-hybridized carbons (Fsp3) is 0.222. The molecule has 0 amide bonds. The van der Waals surface area contributed by atoms with E-state index in [1.165, 1.54) is 0 Å². The summed E-state index contributed by atoms with van der Waals surface area (Å²) < 4.78 is 5.23. The van der Waals surface area contributed by atoms with Crippen LogP contribution in [0.15, 0.2) is 23.4 Å². The topological polar surface area (TPSA) is 67.8 Å². The van der Waals surface area contributed by atoms with Crippen molar-refractivity contribution in [2.45, 2.75) is 6.92 Å². The minimum atomic E-state index is 0.0231. The zero-order valence-electron chi connectivity index (χ0n) is 7.70. The molecule has 1 aromatic rings. The average Bonchev–Trinajstić information content (AvgIpc) is 2.20. The highest BCUT2D eigenvalue weighted by atomic mass is 35.5. The largest absolute Gasteiger partial charge is 0.492 e. The molecule has 1 rings (SSSR count). The molecule has 0 atom stereocenters. The van der Waals surface area contributed by atoms with Gasteiger partial charge in [0.15, 0.2) is 5.84 Å². The van der Waals surface area contributed by atoms with Crippen LogP contribution in [0, 0.1) is 0 Å². The summed E-state index contributed by atoms with van der Waals surface area (Å²) in [6.07, 6.45) is 0. The molecule has 0 bridgehead atoms. The van der Waals surface area contributed by atoms with Crippen molar-refractivity contribution in [3.63, 3.8) is 0 Å². The summed E-state index contributed by atoms with van der Waals surface area (Å²) in [5, 5.41) is 11.8. The molecule has 76 valence electrons. The molecule has 0 saturated carbocycles. The molecule has 0 unspecified atom stereocenters. The van der Waals surface area contributed by atoms with Crippen LogP contribution in [0.3, 0.4) is 0 Å². The number of nitrogens with two attached hydrogens (primary N) is 1. The maximum atomic E-state index is 8.44. The predicted molar refractivity (Wildman–Crippen MR) is 55.1 cm³/mol. The van der Waals surface area contributed by atoms with Crippen LogP contribution in [-0.2, 0) is 0 Å². The molecule has 4 nitrogen and oxygen atoms in total. The molecule has 1 aromatic carbocycles. The molecule has 3 N–H and O–H groups in total. The second kappa shape index (κ2) is 4.72. The van der Waals surface area contributed by atoms with E-state index in [0.29, 0.717) is 22.9 Å². The molecule has 14 heavy (non-hydrogen) atoms. The highest BCUT2D eigenvalue weighted by molar-refractivity contribution is 6.32. The number of ether oxygens (including phenoxy) is 1. The predicted octanol–water partition coefficient (Wildman–Crippen LogP) is 1.83. The van der Waals surface area contributed by atoms with Crippen molar-refractivity contribution in [2.75, 3.05) is 6.61 Å². The minimum Gasteiger partial charge on any atom is -0.492 e. The number of amidine groups is 1. The molecule has 0 aromatic heterocycles. The van der Waals surface area contributed by atoms with Gasteiger partial charge in [0.1, 0.15) is 5.75 Å². The van der Waals surface area contributed by atoms with E-state index in [9.17, 15) is 0 Å². The number of hydrogen-bond acceptors (Lipinski definition) is 3. The molecule has 0 heterocycles. The highest BCUT2D eigenvalue weighted by Gasteiger charge is 2.04. The van der Waals surface area contributed by atoms with Gasteiger partial charge in [-0.3, -0.25) is 0 Å². The highest BCUT2D eigenvalue weighted by Crippen LogP contribution is 2.25. The standard InChI is InChI=1S/C9H11ClN2O2/c1-2-14-8-4-3-6(5-7(8)10)9(11)12-13/h3-5,13H,2H2,1H3,(H2,11,12). The van der Waals surface area contributed by atoms with Gasteiger partial charge in [0.25, 0.3) is 0 Å². The smallest absolute Gasteiger partial charge is 0.170 e. The molecule has 0 spiro atoms. The normalized spacial score (nSPS) is 11.4. The first-order valence-corrected chi connectivity index (χ1v) is 4.47. The van der Waals surface area contributed by atoms with E-state index in [4.69, 9.17) is 27.3 Å². The summed E-state index contributed by atoms with van der Waals surface area (Å²) >= 11 is 5.89. The van der Waals surface area contributed by atoms with Crippen molar-refractivity contribution in [1.29, 1.82) is 0 Å². The lowest BCUT2D eigenvalue weighted by Gasteiger charge is -2.06. The molecule has 0 saturated heterocycles. The molecule has 0 fully saturated rings. The first-order chi connectivity index (χ1) is 6.69. The number of oxime groups is 1. The van der Waals surface area contributed by atoms with Crippen molar-refractivity contribution in [2.24, 2.45) is 10.9 Å². The van der Waals surface area contributed by atoms with Gasteiger partial charge in [-0.25, -0.2) is 0 Å². The van der Waals surface area contributed by atoms with Crippen molar-refractivity contribution in [1.82, 2.24) is 0 Å². The SMILES string of the molecule is CCOc1ccc(C(N)=NO)cc1Cl. The Morgan fingerprint density at radius 2 is 2.36 bits per heavy atom. The van der Waals surface area contributed by atoms with Crippen LogP contribution in [0.1, 0.15) is 12.5 Å². The fourth-order valence-electron chi connectivity index (χ4n) is 0.990. The maximum absolute atomic E-state index is 8.44. The van der Waals surface area contributed by atoms with E-state index in [1.54, 1.807) is 18.2 Å². The van der Waals surface area contributed by atoms with Gasteiger partial charge in [0.05, 0.1) is 11.6 Å². The van der Waals surface area contributed by atoms with Crippen molar-refractivity contribution >= 4 is 17.4 Å². The van der Waals surface area contributed by atoms with E-state index in [1.807, 2.05) is 6.92 Å². The summed E-state index contributed by atoms with van der Waals surface area (Å²) in [6, 6.07) is 4.94. The van der Waals surface area contributed by atoms with E-state index in [-0.39, 0.29) is 5.84 Å². The summed E-state index contributed by atoms with van der Waals surface area (Å²) in [4.78, 5) is 0. The summed E-state index contributed by atoms with van der Waals surface area (Å²) in [7, 11) is 0. The Morgan fingerprint density at radius 3 is 2.86 bits per heavy atom. The van der Waals surface area contributed by atoms with Gasteiger partial charge in [-0.2, -0.15) is 0 Å². The van der Waals surface area contributed by atoms with Crippen LogP contribution in [-0.4, -0.2) is 17.6 Å². The molecular weight excluding hydrogens is 204 g/mol. The summed E-state index contributed by atoms with van der Waals surface area (Å²) in [5.74, 6) is 0.610. The fourth-order valence-corrected chi connectivity index (χ4v) is 1.23. The maximum Gasteiger partial charge on any atom is 0.170 e. The lowest BCUT2D eigenvalue weighted by molar-refractivity contribution is 0.318. The van der Waals surface area contributed by atoms with Crippen LogP contribution >= 0.6 is 11.6 Å². The number of hydrogen-bond donors (Lipinski definition) is 2. The molecule has 5 heteroatoms. The van der Waals surface area contributed by atoms with Gasteiger partial charge in [-0.1, -0.05) is 16.8 Å². The Kier molecular flexibility index (Phi) is 3.59. The molecule has 0 aliphatic rings. The molecule has 0 aliphatic carbocycles. The monoisotopic (exact) mass is 214 g/mol. The van der Waals surface area contributed by atoms with E-state index >= 15 is 0 Å². The Morgan fingerprint density at radius 1 is 1.64 bits per heavy atom. The van der Waals surface area contributed by atoms with Gasteiger partial charge in [0.2, 0.25) is 0 Å². The Balaban J connectivity index is 3.00. The lowest BCUT2D eigenvalue weighted by atomic mass is 10.2. The second-order valence-corrected chi connectivity index (χ2v) is 2.97. The second-order valence-electron chi connectivity index (χ2n) is 2.56. The van der Waals surface area contributed by atoms with Crippen molar-refractivity contribution in [3.05, 3.63) is 28.8 Å². The van der Waals surface area contributed by atoms with E-state index < -0.39 is 0 Å². The Hall–Kier alpha value is -1.42. The van der Waals surface area contributed by atoms with Crippen molar-refractivity contribution < 1.29 is 9.94 Å². The number of benzene rings is 1. The van der Waals surface area contributed by atoms with Gasteiger partial charge in [-0.05, 0) is 25.1 Å².